The van der Waals surface area contributed by atoms with Gasteiger partial charge in [-0.3, -0.25) is 13.9 Å². The summed E-state index contributed by atoms with van der Waals surface area (Å²) in [6, 6.07) is 21.5. The van der Waals surface area contributed by atoms with Crippen molar-refractivity contribution in [3.8, 4) is 0 Å². The molecule has 0 aliphatic heterocycles. The van der Waals surface area contributed by atoms with Crippen molar-refractivity contribution in [3.05, 3.63) is 95.0 Å². The van der Waals surface area contributed by atoms with Crippen LogP contribution in [0.3, 0.4) is 0 Å². The summed E-state index contributed by atoms with van der Waals surface area (Å²) in [6.45, 7) is 3.47. The highest BCUT2D eigenvalue weighted by molar-refractivity contribution is 7.92. The monoisotopic (exact) mass is 581 g/mol. The van der Waals surface area contributed by atoms with Crippen LogP contribution in [0.15, 0.2) is 83.8 Å². The minimum absolute atomic E-state index is 0.0409. The molecule has 0 heterocycles. The van der Waals surface area contributed by atoms with Gasteiger partial charge in [0, 0.05) is 12.6 Å². The van der Waals surface area contributed by atoms with Gasteiger partial charge in [-0.2, -0.15) is 0 Å². The minimum Gasteiger partial charge on any atom is -0.352 e. The lowest BCUT2D eigenvalue weighted by Crippen LogP contribution is -2.53. The molecule has 0 aromatic heterocycles. The Morgan fingerprint density at radius 3 is 2.23 bits per heavy atom. The summed E-state index contributed by atoms with van der Waals surface area (Å²) < 4.78 is 28.8. The van der Waals surface area contributed by atoms with Crippen LogP contribution in [0.4, 0.5) is 5.69 Å². The van der Waals surface area contributed by atoms with E-state index in [1.54, 1.807) is 42.5 Å². The van der Waals surface area contributed by atoms with Crippen LogP contribution in [0, 0.1) is 6.92 Å². The number of halogens is 1. The van der Waals surface area contributed by atoms with E-state index >= 15 is 0 Å². The molecule has 1 atom stereocenters. The number of aryl methyl sites for hydroxylation is 1. The molecule has 1 N–H and O–H groups in total. The van der Waals surface area contributed by atoms with E-state index in [1.807, 2.05) is 38.1 Å². The van der Waals surface area contributed by atoms with Crippen LogP contribution in [0.1, 0.15) is 50.2 Å². The highest BCUT2D eigenvalue weighted by Gasteiger charge is 2.35. The maximum absolute atomic E-state index is 14.2. The second-order valence-corrected chi connectivity index (χ2v) is 12.4. The van der Waals surface area contributed by atoms with Gasteiger partial charge in [0.1, 0.15) is 12.6 Å². The van der Waals surface area contributed by atoms with Gasteiger partial charge in [-0.05, 0) is 61.6 Å². The van der Waals surface area contributed by atoms with E-state index < -0.39 is 28.5 Å². The number of benzene rings is 3. The van der Waals surface area contributed by atoms with E-state index in [0.29, 0.717) is 6.42 Å². The van der Waals surface area contributed by atoms with Crippen LogP contribution in [0.5, 0.6) is 0 Å². The van der Waals surface area contributed by atoms with Crippen LogP contribution >= 0.6 is 11.6 Å². The summed E-state index contributed by atoms with van der Waals surface area (Å²) in [4.78, 5) is 29.2. The number of hydrogen-bond donors (Lipinski definition) is 1. The first kappa shape index (κ1) is 29.6. The van der Waals surface area contributed by atoms with E-state index in [4.69, 9.17) is 11.6 Å². The predicted octanol–water partition coefficient (Wildman–Crippen LogP) is 5.71. The van der Waals surface area contributed by atoms with Gasteiger partial charge in [0.05, 0.1) is 15.6 Å². The smallest absolute Gasteiger partial charge is 0.264 e. The van der Waals surface area contributed by atoms with Gasteiger partial charge >= 0.3 is 0 Å². The van der Waals surface area contributed by atoms with Crippen LogP contribution in [0.25, 0.3) is 0 Å². The topological polar surface area (TPSA) is 86.8 Å². The number of para-hydroxylation sites is 1. The molecule has 1 aliphatic carbocycles. The zero-order valence-electron chi connectivity index (χ0n) is 22.9. The first-order valence-corrected chi connectivity index (χ1v) is 15.5. The lowest BCUT2D eigenvalue weighted by atomic mass is 10.1. The molecule has 1 saturated carbocycles. The van der Waals surface area contributed by atoms with Crippen molar-refractivity contribution < 1.29 is 18.0 Å². The lowest BCUT2D eigenvalue weighted by Gasteiger charge is -2.34. The molecule has 2 amide bonds. The molecule has 0 unspecified atom stereocenters. The second-order valence-electron chi connectivity index (χ2n) is 10.1. The summed E-state index contributed by atoms with van der Waals surface area (Å²) in [7, 11) is -4.16. The molecule has 1 aliphatic rings. The zero-order valence-corrected chi connectivity index (χ0v) is 24.5. The van der Waals surface area contributed by atoms with E-state index in [0.717, 1.165) is 41.1 Å². The maximum Gasteiger partial charge on any atom is 0.264 e. The molecule has 40 heavy (non-hydrogen) atoms. The standard InChI is InChI=1S/C31H36ClN3O4S/c1-3-28(31(37)33-25-15-9-10-16-25)34(21-24-14-8-7-13-23(24)2)30(36)22-35(29-20-12-11-19-27(29)32)40(38,39)26-17-5-4-6-18-26/h4-8,11-14,17-20,25,28H,3,9-10,15-16,21-22H2,1-2H3,(H,33,37)/t28-/m0/s1. The van der Waals surface area contributed by atoms with Crippen LogP contribution in [-0.4, -0.2) is 43.8 Å². The van der Waals surface area contributed by atoms with E-state index in [2.05, 4.69) is 5.32 Å². The molecule has 0 saturated heterocycles. The van der Waals surface area contributed by atoms with Crippen molar-refractivity contribution in [2.45, 2.75) is 69.5 Å². The third-order valence-corrected chi connectivity index (χ3v) is 9.51. The molecule has 9 heteroatoms. The number of rotatable bonds is 11. The molecule has 0 spiro atoms. The number of hydrogen-bond acceptors (Lipinski definition) is 4. The molecular weight excluding hydrogens is 546 g/mol. The number of nitrogens with one attached hydrogen (secondary N) is 1. The zero-order chi connectivity index (χ0) is 28.7. The van der Waals surface area contributed by atoms with Crippen molar-refractivity contribution >= 4 is 39.1 Å². The van der Waals surface area contributed by atoms with Gasteiger partial charge in [0.25, 0.3) is 10.0 Å². The average molecular weight is 582 g/mol. The maximum atomic E-state index is 14.2. The largest absolute Gasteiger partial charge is 0.352 e. The van der Waals surface area contributed by atoms with Gasteiger partial charge in [-0.25, -0.2) is 8.42 Å². The summed E-state index contributed by atoms with van der Waals surface area (Å²) in [5.74, 6) is -0.706. The quantitative estimate of drug-likeness (QED) is 0.314. The molecular formula is C31H36ClN3O4S. The number of carbonyl (C=O) groups excluding carboxylic acids is 2. The number of anilines is 1. The fraction of sp³-hybridized carbons (Fsp3) is 0.355. The Bertz CT molecular complexity index is 1430. The third-order valence-electron chi connectivity index (χ3n) is 7.42. The molecule has 0 bridgehead atoms. The SMILES string of the molecule is CC[C@@H](C(=O)NC1CCCC1)N(Cc1ccccc1C)C(=O)CN(c1ccccc1Cl)S(=O)(=O)c1ccccc1. The van der Waals surface area contributed by atoms with Gasteiger partial charge in [0.2, 0.25) is 11.8 Å². The summed E-state index contributed by atoms with van der Waals surface area (Å²) >= 11 is 6.47. The first-order valence-electron chi connectivity index (χ1n) is 13.7. The first-order chi connectivity index (χ1) is 19.2. The fourth-order valence-corrected chi connectivity index (χ4v) is 6.89. The Kier molecular flexibility index (Phi) is 9.87. The van der Waals surface area contributed by atoms with Crippen molar-refractivity contribution in [3.63, 3.8) is 0 Å². The fourth-order valence-electron chi connectivity index (χ4n) is 5.15. The Hall–Kier alpha value is -3.36. The Labute approximate surface area is 242 Å². The number of carbonyl (C=O) groups is 2. The molecule has 7 nitrogen and oxygen atoms in total. The molecule has 3 aromatic rings. The summed E-state index contributed by atoms with van der Waals surface area (Å²) in [6.07, 6.45) is 4.36. The second kappa shape index (κ2) is 13.3. The third kappa shape index (κ3) is 6.85. The molecule has 0 radical (unpaired) electrons. The lowest BCUT2D eigenvalue weighted by molar-refractivity contribution is -0.140. The Balaban J connectivity index is 1.72. The molecule has 212 valence electrons. The molecule has 4 rings (SSSR count). The predicted molar refractivity (Wildman–Crippen MR) is 159 cm³/mol. The highest BCUT2D eigenvalue weighted by Crippen LogP contribution is 2.31. The van der Waals surface area contributed by atoms with E-state index in [1.165, 1.54) is 17.0 Å². The van der Waals surface area contributed by atoms with Crippen LogP contribution < -0.4 is 9.62 Å². The van der Waals surface area contributed by atoms with Gasteiger partial charge in [0.15, 0.2) is 0 Å². The highest BCUT2D eigenvalue weighted by atomic mass is 35.5. The van der Waals surface area contributed by atoms with Crippen molar-refractivity contribution in [2.75, 3.05) is 10.8 Å². The van der Waals surface area contributed by atoms with Crippen molar-refractivity contribution in [1.82, 2.24) is 10.2 Å². The Morgan fingerprint density at radius 1 is 0.950 bits per heavy atom. The normalized spacial score (nSPS) is 14.5. The van der Waals surface area contributed by atoms with Crippen molar-refractivity contribution in [2.24, 2.45) is 0 Å². The van der Waals surface area contributed by atoms with Crippen LogP contribution in [-0.2, 0) is 26.2 Å². The van der Waals surface area contributed by atoms with E-state index in [9.17, 15) is 18.0 Å². The Morgan fingerprint density at radius 2 is 1.57 bits per heavy atom. The number of amides is 2. The molecule has 3 aromatic carbocycles. The van der Waals surface area contributed by atoms with Gasteiger partial charge < -0.3 is 10.2 Å². The van der Waals surface area contributed by atoms with E-state index in [-0.39, 0.29) is 34.1 Å². The summed E-state index contributed by atoms with van der Waals surface area (Å²) in [5.41, 5.74) is 2.06. The average Bonchev–Trinajstić information content (AvgIpc) is 3.46. The minimum atomic E-state index is -4.16. The number of nitrogens with zero attached hydrogens (tertiary/aromatic N) is 2. The van der Waals surface area contributed by atoms with Crippen molar-refractivity contribution in [1.29, 1.82) is 0 Å². The number of sulfonamides is 1. The summed E-state index contributed by atoms with van der Waals surface area (Å²) in [5, 5.41) is 3.33. The van der Waals surface area contributed by atoms with Gasteiger partial charge in [-0.15, -0.1) is 0 Å². The van der Waals surface area contributed by atoms with Crippen LogP contribution in [0.2, 0.25) is 5.02 Å². The molecule has 1 fully saturated rings. The van der Waals surface area contributed by atoms with Gasteiger partial charge in [-0.1, -0.05) is 86.0 Å².